The van der Waals surface area contributed by atoms with Crippen LogP contribution in [0.25, 0.3) is 0 Å². The minimum atomic E-state index is -3.11. The molecule has 2 rings (SSSR count). The smallest absolute Gasteiger partial charge is 0.239 e. The molecule has 0 spiro atoms. The maximum absolute atomic E-state index is 12.4. The molecule has 24 heavy (non-hydrogen) atoms. The molecule has 0 radical (unpaired) electrons. The summed E-state index contributed by atoms with van der Waals surface area (Å²) in [6.45, 7) is 2.93. The Kier molecular flexibility index (Phi) is 5.47. The molecule has 0 bridgehead atoms. The molecular formula is C15H18Cl2N2O4S. The van der Waals surface area contributed by atoms with E-state index in [1.54, 1.807) is 12.1 Å². The van der Waals surface area contributed by atoms with Gasteiger partial charge in [-0.05, 0) is 38.5 Å². The van der Waals surface area contributed by atoms with Gasteiger partial charge in [0.1, 0.15) is 5.41 Å². The summed E-state index contributed by atoms with van der Waals surface area (Å²) in [5.74, 6) is -1.14. The second-order valence-corrected chi connectivity index (χ2v) is 9.35. The second kappa shape index (κ2) is 6.90. The third kappa shape index (κ3) is 4.40. The lowest BCUT2D eigenvalue weighted by atomic mass is 9.90. The van der Waals surface area contributed by atoms with Gasteiger partial charge in [0, 0.05) is 11.1 Å². The maximum atomic E-state index is 12.4. The van der Waals surface area contributed by atoms with E-state index in [1.165, 1.54) is 19.9 Å². The molecule has 1 aromatic rings. The first-order chi connectivity index (χ1) is 11.0. The van der Waals surface area contributed by atoms with Gasteiger partial charge in [-0.25, -0.2) is 8.42 Å². The van der Waals surface area contributed by atoms with Crippen LogP contribution in [-0.2, 0) is 19.4 Å². The number of hydrogen-bond donors (Lipinski definition) is 2. The fourth-order valence-electron chi connectivity index (χ4n) is 2.25. The molecule has 1 aliphatic heterocycles. The number of halogens is 2. The van der Waals surface area contributed by atoms with E-state index < -0.39 is 33.1 Å². The van der Waals surface area contributed by atoms with Crippen LogP contribution < -0.4 is 10.6 Å². The average molecular weight is 393 g/mol. The number of carbonyl (C=O) groups excluding carboxylic acids is 2. The Hall–Kier alpha value is -1.31. The lowest BCUT2D eigenvalue weighted by Gasteiger charge is -2.24. The molecule has 1 saturated heterocycles. The first kappa shape index (κ1) is 19.0. The number of rotatable bonds is 4. The highest BCUT2D eigenvalue weighted by atomic mass is 35.5. The quantitative estimate of drug-likeness (QED) is 0.768. The molecule has 0 aliphatic carbocycles. The van der Waals surface area contributed by atoms with Crippen molar-refractivity contribution in [1.82, 2.24) is 5.32 Å². The van der Waals surface area contributed by atoms with E-state index in [2.05, 4.69) is 10.6 Å². The average Bonchev–Trinajstić information content (AvgIpc) is 2.80. The number of hydrogen-bond acceptors (Lipinski definition) is 4. The zero-order valence-electron chi connectivity index (χ0n) is 13.2. The van der Waals surface area contributed by atoms with E-state index in [0.29, 0.717) is 17.1 Å². The van der Waals surface area contributed by atoms with Crippen molar-refractivity contribution in [2.24, 2.45) is 5.41 Å². The molecule has 132 valence electrons. The molecule has 1 heterocycles. The Labute approximate surface area is 150 Å². The van der Waals surface area contributed by atoms with Crippen molar-refractivity contribution in [1.29, 1.82) is 0 Å². The van der Waals surface area contributed by atoms with Gasteiger partial charge >= 0.3 is 0 Å². The number of anilines is 1. The summed E-state index contributed by atoms with van der Waals surface area (Å²) in [7, 11) is -3.11. The number of amides is 2. The van der Waals surface area contributed by atoms with Crippen molar-refractivity contribution in [3.05, 3.63) is 28.2 Å². The molecule has 1 aliphatic rings. The van der Waals surface area contributed by atoms with E-state index in [9.17, 15) is 18.0 Å². The van der Waals surface area contributed by atoms with Crippen molar-refractivity contribution in [3.63, 3.8) is 0 Å². The summed E-state index contributed by atoms with van der Waals surface area (Å²) in [6.07, 6.45) is 0.356. The van der Waals surface area contributed by atoms with Crippen LogP contribution in [-0.4, -0.2) is 37.8 Å². The monoisotopic (exact) mass is 392 g/mol. The van der Waals surface area contributed by atoms with Crippen LogP contribution in [0.5, 0.6) is 0 Å². The fraction of sp³-hybridized carbons (Fsp3) is 0.467. The summed E-state index contributed by atoms with van der Waals surface area (Å²) in [6, 6.07) is 4.13. The van der Waals surface area contributed by atoms with E-state index in [4.69, 9.17) is 23.2 Å². The van der Waals surface area contributed by atoms with Crippen molar-refractivity contribution >= 4 is 50.5 Å². The van der Waals surface area contributed by atoms with Gasteiger partial charge < -0.3 is 10.6 Å². The Morgan fingerprint density at radius 3 is 2.42 bits per heavy atom. The van der Waals surface area contributed by atoms with Crippen LogP contribution in [0.2, 0.25) is 10.0 Å². The minimum absolute atomic E-state index is 0.0466. The normalized spacial score (nSPS) is 19.8. The van der Waals surface area contributed by atoms with Gasteiger partial charge in [0.05, 0.1) is 22.2 Å². The van der Waals surface area contributed by atoms with Gasteiger partial charge in [-0.2, -0.15) is 0 Å². The molecule has 6 nitrogen and oxygen atoms in total. The fourth-order valence-corrected chi connectivity index (χ4v) is 4.38. The summed E-state index contributed by atoms with van der Waals surface area (Å²) in [4.78, 5) is 24.8. The number of nitrogens with one attached hydrogen (secondary N) is 2. The van der Waals surface area contributed by atoms with Gasteiger partial charge in [-0.1, -0.05) is 23.2 Å². The zero-order valence-corrected chi connectivity index (χ0v) is 15.6. The van der Waals surface area contributed by atoms with Crippen LogP contribution in [0.1, 0.15) is 20.3 Å². The Morgan fingerprint density at radius 2 is 1.88 bits per heavy atom. The third-order valence-corrected chi connectivity index (χ3v) is 6.20. The van der Waals surface area contributed by atoms with E-state index in [0.717, 1.165) is 0 Å². The van der Waals surface area contributed by atoms with Gasteiger partial charge in [0.15, 0.2) is 9.84 Å². The molecule has 0 saturated carbocycles. The van der Waals surface area contributed by atoms with Gasteiger partial charge in [0.25, 0.3) is 0 Å². The van der Waals surface area contributed by atoms with Gasteiger partial charge in [0.2, 0.25) is 11.8 Å². The highest BCUT2D eigenvalue weighted by Crippen LogP contribution is 2.28. The topological polar surface area (TPSA) is 92.3 Å². The summed E-state index contributed by atoms with van der Waals surface area (Å²) in [5.41, 5.74) is -1.05. The van der Waals surface area contributed by atoms with Crippen LogP contribution in [0.4, 0.5) is 5.69 Å². The Morgan fingerprint density at radius 1 is 1.21 bits per heavy atom. The Balaban J connectivity index is 2.05. The molecule has 9 heteroatoms. The molecule has 0 aromatic heterocycles. The molecule has 1 fully saturated rings. The van der Waals surface area contributed by atoms with E-state index in [-0.39, 0.29) is 16.5 Å². The number of sulfone groups is 1. The third-order valence-electron chi connectivity index (χ3n) is 3.88. The molecule has 1 unspecified atom stereocenters. The molecular weight excluding hydrogens is 375 g/mol. The molecule has 2 amide bonds. The SMILES string of the molecule is CC(C)(C(=O)Nc1ccc(Cl)cc1Cl)C(=O)NC1CCS(=O)(=O)C1. The van der Waals surface area contributed by atoms with Crippen molar-refractivity contribution in [2.45, 2.75) is 26.3 Å². The van der Waals surface area contributed by atoms with Crippen LogP contribution in [0.3, 0.4) is 0 Å². The minimum Gasteiger partial charge on any atom is -0.351 e. The predicted octanol–water partition coefficient (Wildman–Crippen LogP) is 2.26. The Bertz CT molecular complexity index is 778. The van der Waals surface area contributed by atoms with Crippen LogP contribution >= 0.6 is 23.2 Å². The number of benzene rings is 1. The predicted molar refractivity (Wildman–Crippen MR) is 94.1 cm³/mol. The number of carbonyl (C=O) groups is 2. The van der Waals surface area contributed by atoms with Crippen LogP contribution in [0, 0.1) is 5.41 Å². The molecule has 2 N–H and O–H groups in total. The van der Waals surface area contributed by atoms with Gasteiger partial charge in [-0.15, -0.1) is 0 Å². The van der Waals surface area contributed by atoms with Gasteiger partial charge in [-0.3, -0.25) is 9.59 Å². The summed E-state index contributed by atoms with van der Waals surface area (Å²) in [5, 5.41) is 5.91. The summed E-state index contributed by atoms with van der Waals surface area (Å²) >= 11 is 11.8. The highest BCUT2D eigenvalue weighted by Gasteiger charge is 2.39. The first-order valence-electron chi connectivity index (χ1n) is 7.29. The molecule has 1 aromatic carbocycles. The first-order valence-corrected chi connectivity index (χ1v) is 9.87. The lowest BCUT2D eigenvalue weighted by molar-refractivity contribution is -0.138. The zero-order chi connectivity index (χ0) is 18.1. The standard InChI is InChI=1S/C15H18Cl2N2O4S/c1-15(2,13(20)18-10-5-6-24(22,23)8-10)14(21)19-12-4-3-9(16)7-11(12)17/h3-4,7,10H,5-6,8H2,1-2H3,(H,18,20)(H,19,21). The largest absolute Gasteiger partial charge is 0.351 e. The van der Waals surface area contributed by atoms with E-state index >= 15 is 0 Å². The lowest BCUT2D eigenvalue weighted by Crippen LogP contribution is -2.48. The van der Waals surface area contributed by atoms with Crippen molar-refractivity contribution < 1.29 is 18.0 Å². The summed E-state index contributed by atoms with van der Waals surface area (Å²) < 4.78 is 22.9. The highest BCUT2D eigenvalue weighted by molar-refractivity contribution is 7.91. The van der Waals surface area contributed by atoms with Crippen molar-refractivity contribution in [3.8, 4) is 0 Å². The second-order valence-electron chi connectivity index (χ2n) is 6.28. The van der Waals surface area contributed by atoms with E-state index in [1.807, 2.05) is 0 Å². The van der Waals surface area contributed by atoms with Crippen molar-refractivity contribution in [2.75, 3.05) is 16.8 Å². The van der Waals surface area contributed by atoms with Crippen LogP contribution in [0.15, 0.2) is 18.2 Å². The maximum Gasteiger partial charge on any atom is 0.239 e. The molecule has 1 atom stereocenters.